The predicted molar refractivity (Wildman–Crippen MR) is 77.5 cm³/mol. The first-order valence-electron chi connectivity index (χ1n) is 6.32. The first kappa shape index (κ1) is 13.2. The van der Waals surface area contributed by atoms with Gasteiger partial charge < -0.3 is 20.3 Å². The van der Waals surface area contributed by atoms with E-state index in [0.29, 0.717) is 18.9 Å². The molecule has 3 N–H and O–H groups in total. The number of piperidine rings is 1. The number of halogens is 1. The number of amides is 1. The van der Waals surface area contributed by atoms with Gasteiger partial charge in [0.1, 0.15) is 17.8 Å². The van der Waals surface area contributed by atoms with Crippen molar-refractivity contribution in [3.63, 3.8) is 0 Å². The summed E-state index contributed by atoms with van der Waals surface area (Å²) in [4.78, 5) is 20.7. The van der Waals surface area contributed by atoms with Gasteiger partial charge in [0.2, 0.25) is 0 Å². The van der Waals surface area contributed by atoms with Crippen molar-refractivity contribution in [2.75, 3.05) is 18.8 Å². The average Bonchev–Trinajstić information content (AvgIpc) is 2.77. The first-order valence-corrected chi connectivity index (χ1v) is 7.11. The Hall–Kier alpha value is -1.83. The molecule has 1 saturated heterocycles. The first-order chi connectivity index (χ1) is 9.58. The molecule has 0 aliphatic carbocycles. The highest BCUT2D eigenvalue weighted by Crippen LogP contribution is 2.33. The smallest absolute Gasteiger partial charge is 0.407 e. The maximum Gasteiger partial charge on any atom is 0.407 e. The van der Waals surface area contributed by atoms with E-state index in [0.717, 1.165) is 28.3 Å². The molecule has 0 spiro atoms. The van der Waals surface area contributed by atoms with Gasteiger partial charge in [-0.05, 0) is 28.8 Å². The minimum absolute atomic E-state index is 0.230. The highest BCUT2D eigenvalue weighted by molar-refractivity contribution is 9.10. The fourth-order valence-electron chi connectivity index (χ4n) is 2.68. The van der Waals surface area contributed by atoms with Gasteiger partial charge in [-0.1, -0.05) is 0 Å². The molecule has 0 unspecified atom stereocenters. The number of nitrogen functional groups attached to an aromatic ring is 1. The van der Waals surface area contributed by atoms with E-state index in [9.17, 15) is 4.79 Å². The molecule has 20 heavy (non-hydrogen) atoms. The van der Waals surface area contributed by atoms with Gasteiger partial charge in [-0.25, -0.2) is 14.8 Å². The number of carbonyl (C=O) groups is 1. The third-order valence-corrected chi connectivity index (χ3v) is 4.32. The van der Waals surface area contributed by atoms with E-state index in [-0.39, 0.29) is 6.04 Å². The van der Waals surface area contributed by atoms with Crippen molar-refractivity contribution < 1.29 is 9.90 Å². The summed E-state index contributed by atoms with van der Waals surface area (Å²) in [6.45, 7) is 1.08. The molecule has 2 aromatic rings. The van der Waals surface area contributed by atoms with Crippen LogP contribution in [0.25, 0.3) is 11.0 Å². The molecule has 2 aromatic heterocycles. The van der Waals surface area contributed by atoms with E-state index >= 15 is 0 Å². The van der Waals surface area contributed by atoms with Crippen molar-refractivity contribution in [1.82, 2.24) is 19.4 Å². The molecular weight excluding hydrogens is 326 g/mol. The third-order valence-electron chi connectivity index (χ3n) is 3.72. The van der Waals surface area contributed by atoms with Crippen LogP contribution in [0.5, 0.6) is 0 Å². The average molecular weight is 340 g/mol. The molecule has 1 aliphatic rings. The molecule has 0 radical (unpaired) electrons. The van der Waals surface area contributed by atoms with Crippen molar-refractivity contribution in [3.8, 4) is 0 Å². The lowest BCUT2D eigenvalue weighted by Gasteiger charge is -2.31. The van der Waals surface area contributed by atoms with Crippen LogP contribution >= 0.6 is 15.9 Å². The van der Waals surface area contributed by atoms with Gasteiger partial charge in [-0.3, -0.25) is 0 Å². The lowest BCUT2D eigenvalue weighted by molar-refractivity contribution is 0.126. The number of hydrogen-bond acceptors (Lipinski definition) is 4. The van der Waals surface area contributed by atoms with E-state index in [1.165, 1.54) is 11.2 Å². The summed E-state index contributed by atoms with van der Waals surface area (Å²) in [6.07, 6.45) is 4.09. The highest BCUT2D eigenvalue weighted by atomic mass is 79.9. The van der Waals surface area contributed by atoms with E-state index in [1.807, 2.05) is 6.20 Å². The van der Waals surface area contributed by atoms with Crippen LogP contribution in [-0.2, 0) is 0 Å². The molecular formula is C12H14BrN5O2. The maximum atomic E-state index is 10.9. The predicted octanol–water partition coefficient (Wildman–Crippen LogP) is 2.09. The number of nitrogens with zero attached hydrogens (tertiary/aromatic N) is 4. The van der Waals surface area contributed by atoms with E-state index in [2.05, 4.69) is 30.5 Å². The van der Waals surface area contributed by atoms with Gasteiger partial charge in [-0.15, -0.1) is 0 Å². The number of rotatable bonds is 1. The molecule has 106 valence electrons. The highest BCUT2D eigenvalue weighted by Gasteiger charge is 2.25. The molecule has 0 saturated carbocycles. The Morgan fingerprint density at radius 1 is 1.40 bits per heavy atom. The normalized spacial score (nSPS) is 16.8. The van der Waals surface area contributed by atoms with Crippen LogP contribution < -0.4 is 5.73 Å². The lowest BCUT2D eigenvalue weighted by atomic mass is 10.1. The molecule has 1 aliphatic heterocycles. The molecule has 3 heterocycles. The van der Waals surface area contributed by atoms with Crippen LogP contribution in [0.1, 0.15) is 18.9 Å². The molecule has 3 rings (SSSR count). The largest absolute Gasteiger partial charge is 0.465 e. The standard InChI is InChI=1S/C12H14BrN5O2/c13-8-5-18(11-9(8)10(14)15-6-16-11)7-1-3-17(4-2-7)12(19)20/h5-7H,1-4H2,(H,19,20)(H2,14,15,16). The van der Waals surface area contributed by atoms with Crippen LogP contribution in [0, 0.1) is 0 Å². The second kappa shape index (κ2) is 4.93. The number of hydrogen-bond donors (Lipinski definition) is 2. The van der Waals surface area contributed by atoms with E-state index in [1.54, 1.807) is 0 Å². The van der Waals surface area contributed by atoms with Crippen molar-refractivity contribution in [3.05, 3.63) is 17.0 Å². The number of carboxylic acid groups (broad SMARTS) is 1. The Morgan fingerprint density at radius 3 is 2.75 bits per heavy atom. The number of aromatic nitrogens is 3. The van der Waals surface area contributed by atoms with Crippen molar-refractivity contribution >= 4 is 38.9 Å². The molecule has 8 heteroatoms. The summed E-state index contributed by atoms with van der Waals surface area (Å²) in [5.41, 5.74) is 6.67. The van der Waals surface area contributed by atoms with Crippen molar-refractivity contribution in [2.24, 2.45) is 0 Å². The van der Waals surface area contributed by atoms with Crippen molar-refractivity contribution in [2.45, 2.75) is 18.9 Å². The number of fused-ring (bicyclic) bond motifs is 1. The fraction of sp³-hybridized carbons (Fsp3) is 0.417. The lowest BCUT2D eigenvalue weighted by Crippen LogP contribution is -2.38. The van der Waals surface area contributed by atoms with Gasteiger partial charge in [0.25, 0.3) is 0 Å². The summed E-state index contributed by atoms with van der Waals surface area (Å²) >= 11 is 3.48. The van der Waals surface area contributed by atoms with Crippen LogP contribution in [0.4, 0.5) is 10.6 Å². The Morgan fingerprint density at radius 2 is 2.10 bits per heavy atom. The number of nitrogens with two attached hydrogens (primary N) is 1. The molecule has 0 atom stereocenters. The molecule has 0 aromatic carbocycles. The van der Waals surface area contributed by atoms with Crippen LogP contribution in [0.15, 0.2) is 17.0 Å². The van der Waals surface area contributed by atoms with Gasteiger partial charge >= 0.3 is 6.09 Å². The minimum Gasteiger partial charge on any atom is -0.465 e. The van der Waals surface area contributed by atoms with Gasteiger partial charge in [-0.2, -0.15) is 0 Å². The van der Waals surface area contributed by atoms with Crippen LogP contribution in [0.2, 0.25) is 0 Å². The summed E-state index contributed by atoms with van der Waals surface area (Å²) in [5.74, 6) is 0.448. The van der Waals surface area contributed by atoms with Gasteiger partial charge in [0.15, 0.2) is 0 Å². The topological polar surface area (TPSA) is 97.3 Å². The maximum absolute atomic E-state index is 10.9. The number of anilines is 1. The Kier molecular flexibility index (Phi) is 3.25. The Balaban J connectivity index is 1.92. The van der Waals surface area contributed by atoms with Crippen LogP contribution in [0.3, 0.4) is 0 Å². The zero-order valence-corrected chi connectivity index (χ0v) is 12.2. The fourth-order valence-corrected chi connectivity index (χ4v) is 3.28. The molecule has 1 amide bonds. The van der Waals surface area contributed by atoms with Crippen molar-refractivity contribution in [1.29, 1.82) is 0 Å². The SMILES string of the molecule is Nc1ncnc2c1c(Br)cn2C1CCN(C(=O)O)CC1. The molecule has 0 bridgehead atoms. The summed E-state index contributed by atoms with van der Waals surface area (Å²) in [6, 6.07) is 0.230. The minimum atomic E-state index is -0.853. The monoisotopic (exact) mass is 339 g/mol. The van der Waals surface area contributed by atoms with Gasteiger partial charge in [0.05, 0.1) is 5.39 Å². The second-order valence-electron chi connectivity index (χ2n) is 4.84. The number of likely N-dealkylation sites (tertiary alicyclic amines) is 1. The summed E-state index contributed by atoms with van der Waals surface area (Å²) < 4.78 is 2.93. The second-order valence-corrected chi connectivity index (χ2v) is 5.70. The molecule has 1 fully saturated rings. The Bertz CT molecular complexity index is 663. The third kappa shape index (κ3) is 2.09. The van der Waals surface area contributed by atoms with Crippen LogP contribution in [-0.4, -0.2) is 43.7 Å². The summed E-state index contributed by atoms with van der Waals surface area (Å²) in [7, 11) is 0. The van der Waals surface area contributed by atoms with E-state index in [4.69, 9.17) is 10.8 Å². The van der Waals surface area contributed by atoms with E-state index < -0.39 is 6.09 Å². The zero-order chi connectivity index (χ0) is 14.3. The van der Waals surface area contributed by atoms with Gasteiger partial charge in [0, 0.05) is 29.8 Å². The zero-order valence-electron chi connectivity index (χ0n) is 10.7. The quantitative estimate of drug-likeness (QED) is 0.828. The summed E-state index contributed by atoms with van der Waals surface area (Å²) in [5, 5.41) is 9.79. The molecule has 7 nitrogen and oxygen atoms in total. The Labute approximate surface area is 123 Å².